The van der Waals surface area contributed by atoms with Gasteiger partial charge in [-0.1, -0.05) is 60.7 Å². The number of hydrogen-bond acceptors (Lipinski definition) is 0. The van der Waals surface area contributed by atoms with Gasteiger partial charge in [0.25, 0.3) is 0 Å². The zero-order valence-corrected chi connectivity index (χ0v) is 10.1. The van der Waals surface area contributed by atoms with E-state index in [0.29, 0.717) is 17.9 Å². The highest BCUT2D eigenvalue weighted by molar-refractivity contribution is 5.55. The van der Waals surface area contributed by atoms with Crippen LogP contribution < -0.4 is 0 Å². The van der Waals surface area contributed by atoms with E-state index in [-0.39, 0.29) is 5.41 Å². The first kappa shape index (κ1) is 9.04. The molecule has 0 radical (unpaired) electrons. The van der Waals surface area contributed by atoms with Crippen molar-refractivity contribution in [3.05, 3.63) is 90.3 Å². The minimum atomic E-state index is 0.0765. The Labute approximate surface area is 109 Å². The summed E-state index contributed by atoms with van der Waals surface area (Å²) >= 11 is 0. The smallest absolute Gasteiger partial charge is 0.0622 e. The van der Waals surface area contributed by atoms with Gasteiger partial charge in [-0.05, 0) is 11.1 Å². The van der Waals surface area contributed by atoms with Crippen molar-refractivity contribution in [2.75, 3.05) is 0 Å². The van der Waals surface area contributed by atoms with Crippen LogP contribution in [-0.4, -0.2) is 0 Å². The minimum absolute atomic E-state index is 0.0765. The van der Waals surface area contributed by atoms with Gasteiger partial charge in [0.05, 0.1) is 23.3 Å². The van der Waals surface area contributed by atoms with Gasteiger partial charge in [-0.2, -0.15) is 0 Å². The van der Waals surface area contributed by atoms with E-state index in [1.165, 1.54) is 11.1 Å². The zero-order valence-electron chi connectivity index (χ0n) is 11.1. The first-order valence-electron chi connectivity index (χ1n) is 6.98. The van der Waals surface area contributed by atoms with Crippen molar-refractivity contribution in [1.82, 2.24) is 0 Å². The molecule has 1 saturated carbocycles. The van der Waals surface area contributed by atoms with E-state index in [1.807, 2.05) is 0 Å². The first-order chi connectivity index (χ1) is 9.33. The fourth-order valence-electron chi connectivity index (χ4n) is 3.54. The molecule has 86 valence electrons. The van der Waals surface area contributed by atoms with E-state index in [1.54, 1.807) is 0 Å². The van der Waals surface area contributed by atoms with Crippen LogP contribution in [-0.2, 0) is 5.41 Å². The maximum atomic E-state index is 7.80. The Kier molecular flexibility index (Phi) is 1.77. The van der Waals surface area contributed by atoms with Gasteiger partial charge < -0.3 is 0 Å². The molecule has 0 bridgehead atoms. The predicted octanol–water partition coefficient (Wildman–Crippen LogP) is 3.99. The highest BCUT2D eigenvalue weighted by Crippen LogP contribution is 2.68. The molecule has 0 aromatic heterocycles. The van der Waals surface area contributed by atoms with Crippen LogP contribution in [0.2, 0.25) is 0 Å². The van der Waals surface area contributed by atoms with Gasteiger partial charge in [0.15, 0.2) is 0 Å². The molecule has 0 saturated heterocycles. The fraction of sp³-hybridized carbons (Fsp3) is 0.167. The molecule has 0 nitrogen and oxygen atoms in total. The van der Waals surface area contributed by atoms with E-state index < -0.39 is 0 Å². The number of fused-ring (bicyclic) bond motifs is 1. The zero-order chi connectivity index (χ0) is 12.9. The lowest BCUT2D eigenvalue weighted by molar-refractivity contribution is 0.749. The van der Waals surface area contributed by atoms with Crippen LogP contribution in [0.15, 0.2) is 72.8 Å². The van der Waals surface area contributed by atoms with E-state index >= 15 is 0 Å². The van der Waals surface area contributed by atoms with Crippen LogP contribution in [0.25, 0.3) is 0 Å². The second-order valence-corrected chi connectivity index (χ2v) is 5.15. The van der Waals surface area contributed by atoms with Crippen LogP contribution in [0.1, 0.15) is 12.5 Å². The third-order valence-corrected chi connectivity index (χ3v) is 4.38. The topological polar surface area (TPSA) is 0 Å². The number of hydrogen-bond donors (Lipinski definition) is 0. The molecule has 0 heterocycles. The van der Waals surface area contributed by atoms with Crippen molar-refractivity contribution in [2.45, 2.75) is 5.41 Å². The average Bonchev–Trinajstić information content (AvgIpc) is 2.89. The van der Waals surface area contributed by atoms with Crippen molar-refractivity contribution < 1.29 is 1.37 Å². The van der Waals surface area contributed by atoms with E-state index in [9.17, 15) is 0 Å². The molecule has 0 aliphatic heterocycles. The molecule has 0 N–H and O–H groups in total. The average molecular weight is 232 g/mol. The molecule has 2 aliphatic rings. The van der Waals surface area contributed by atoms with Crippen molar-refractivity contribution in [3.63, 3.8) is 0 Å². The summed E-state index contributed by atoms with van der Waals surface area (Å²) in [6.45, 7) is 0. The molecule has 0 spiro atoms. The third kappa shape index (κ3) is 1.13. The predicted molar refractivity (Wildman–Crippen MR) is 74.1 cm³/mol. The Morgan fingerprint density at radius 2 is 1.44 bits per heavy atom. The second-order valence-electron chi connectivity index (χ2n) is 5.15. The van der Waals surface area contributed by atoms with Crippen molar-refractivity contribution in [1.29, 1.82) is 0 Å². The van der Waals surface area contributed by atoms with Gasteiger partial charge >= 0.3 is 0 Å². The lowest BCUT2D eigenvalue weighted by Crippen LogP contribution is -2.15. The van der Waals surface area contributed by atoms with E-state index in [0.717, 1.165) is 0 Å². The molecule has 1 fully saturated rings. The highest BCUT2D eigenvalue weighted by atomic mass is 14.7. The van der Waals surface area contributed by atoms with Gasteiger partial charge in [0, 0.05) is 12.5 Å². The number of benzene rings is 2. The summed E-state index contributed by atoms with van der Waals surface area (Å²) in [4.78, 5) is 0. The lowest BCUT2D eigenvalue weighted by atomic mass is 9.82. The van der Waals surface area contributed by atoms with Gasteiger partial charge in [-0.3, -0.25) is 0 Å². The van der Waals surface area contributed by atoms with Crippen molar-refractivity contribution >= 4 is 0 Å². The molecule has 2 atom stereocenters. The maximum Gasteiger partial charge on any atom is 0.111 e. The van der Waals surface area contributed by atoms with Crippen LogP contribution in [0.4, 0.5) is 0 Å². The van der Waals surface area contributed by atoms with Crippen molar-refractivity contribution in [2.24, 2.45) is 11.8 Å². The Balaban J connectivity index is 1.88. The lowest BCUT2D eigenvalue weighted by Gasteiger charge is -2.17. The molecular formula is C18H15+. The Hall–Kier alpha value is -1.95. The Morgan fingerprint density at radius 1 is 0.889 bits per heavy atom. The van der Waals surface area contributed by atoms with Crippen LogP contribution in [0.3, 0.4) is 0 Å². The summed E-state index contributed by atoms with van der Waals surface area (Å²) < 4.78 is 7.80. The quantitative estimate of drug-likeness (QED) is 0.687. The standard InChI is InChI=1S/C18H15/c1-3-8-14(9-4-1)18(15-10-5-2-6-11-15)16-12-7-13-17(16)18/h1-13,16-17H/q+1/i7D. The summed E-state index contributed by atoms with van der Waals surface area (Å²) in [6, 6.07) is 22.1. The summed E-state index contributed by atoms with van der Waals surface area (Å²) in [5.41, 5.74) is 2.82. The molecule has 2 aromatic carbocycles. The van der Waals surface area contributed by atoms with E-state index in [2.05, 4.69) is 73.2 Å². The summed E-state index contributed by atoms with van der Waals surface area (Å²) in [5, 5.41) is 0. The van der Waals surface area contributed by atoms with Crippen LogP contribution in [0.5, 0.6) is 0 Å². The summed E-state index contributed by atoms with van der Waals surface area (Å²) in [5.74, 6) is 0.926. The summed E-state index contributed by atoms with van der Waals surface area (Å²) in [7, 11) is 0. The third-order valence-electron chi connectivity index (χ3n) is 4.38. The molecule has 0 amide bonds. The second kappa shape index (κ2) is 3.52. The molecule has 2 aromatic rings. The van der Waals surface area contributed by atoms with Crippen LogP contribution >= 0.6 is 0 Å². The van der Waals surface area contributed by atoms with Gasteiger partial charge in [0.2, 0.25) is 0 Å². The molecule has 0 heteroatoms. The minimum Gasteiger partial charge on any atom is -0.0622 e. The van der Waals surface area contributed by atoms with Crippen molar-refractivity contribution in [3.8, 4) is 0 Å². The van der Waals surface area contributed by atoms with Gasteiger partial charge in [0.1, 0.15) is 1.37 Å². The fourth-order valence-corrected chi connectivity index (χ4v) is 3.54. The Morgan fingerprint density at radius 3 is 1.89 bits per heavy atom. The molecule has 18 heavy (non-hydrogen) atoms. The normalized spacial score (nSPS) is 27.8. The number of rotatable bonds is 2. The molecular weight excluding hydrogens is 216 g/mol. The Bertz CT molecular complexity index is 588. The number of allylic oxidation sites excluding steroid dienone is 2. The molecule has 4 rings (SSSR count). The first-order valence-corrected chi connectivity index (χ1v) is 6.48. The van der Waals surface area contributed by atoms with Gasteiger partial charge in [-0.15, -0.1) is 0 Å². The van der Waals surface area contributed by atoms with Crippen LogP contribution in [0, 0.1) is 18.3 Å². The van der Waals surface area contributed by atoms with E-state index in [4.69, 9.17) is 1.37 Å². The highest BCUT2D eigenvalue weighted by Gasteiger charge is 2.72. The SMILES string of the molecule is [2H]C1=CC2C([CH+]1)C2(c1ccccc1)c1ccccc1. The maximum absolute atomic E-state index is 7.80. The molecule has 2 aliphatic carbocycles. The summed E-state index contributed by atoms with van der Waals surface area (Å²) in [6.07, 6.45) is 4.23. The monoisotopic (exact) mass is 232 g/mol. The largest absolute Gasteiger partial charge is 0.111 e. The van der Waals surface area contributed by atoms with Gasteiger partial charge in [-0.25, -0.2) is 0 Å². The molecule has 2 unspecified atom stereocenters.